The zero-order valence-corrected chi connectivity index (χ0v) is 18.3. The van der Waals surface area contributed by atoms with Gasteiger partial charge in [0.25, 0.3) is 0 Å². The first-order chi connectivity index (χ1) is 14.9. The van der Waals surface area contributed by atoms with Crippen molar-refractivity contribution in [2.75, 3.05) is 31.4 Å². The van der Waals surface area contributed by atoms with Crippen molar-refractivity contribution in [2.45, 2.75) is 4.90 Å². The van der Waals surface area contributed by atoms with Gasteiger partial charge < -0.3 is 24.7 Å². The van der Waals surface area contributed by atoms with Crippen LogP contribution in [0.2, 0.25) is 5.02 Å². The molecular weight excluding hydrogens is 442 g/mol. The first-order valence-electron chi connectivity index (χ1n) is 9.02. The van der Waals surface area contributed by atoms with Gasteiger partial charge in [-0.15, -0.1) is 0 Å². The normalized spacial score (nSPS) is 11.5. The molecule has 0 aliphatic heterocycles. The molecular formula is C21H19ClN3O5S-. The molecule has 0 saturated carbocycles. The number of methoxy groups -OCH3 is 2. The highest BCUT2D eigenvalue weighted by Crippen LogP contribution is 2.45. The lowest BCUT2D eigenvalue weighted by Crippen LogP contribution is -2.22. The van der Waals surface area contributed by atoms with Crippen molar-refractivity contribution < 1.29 is 23.0 Å². The minimum Gasteiger partial charge on any atom is -0.768 e. The number of anilines is 2. The molecule has 2 aromatic carbocycles. The topological polar surface area (TPSA) is 113 Å². The number of benzene rings is 2. The van der Waals surface area contributed by atoms with Crippen LogP contribution in [-0.2, 0) is 15.9 Å². The SMILES string of the molecule is COc1ccc(OC)c(-c2cc(Cl)ccc2S(=O)[O-])c1NCC(=O)Nc1cccnc1. The minimum atomic E-state index is -2.53. The summed E-state index contributed by atoms with van der Waals surface area (Å²) in [5, 5.41) is 6.09. The van der Waals surface area contributed by atoms with E-state index in [1.807, 2.05) is 0 Å². The lowest BCUT2D eigenvalue weighted by molar-refractivity contribution is -0.114. The number of carbonyl (C=O) groups is 1. The van der Waals surface area contributed by atoms with E-state index < -0.39 is 11.1 Å². The number of pyridine rings is 1. The summed E-state index contributed by atoms with van der Waals surface area (Å²) in [4.78, 5) is 16.4. The van der Waals surface area contributed by atoms with Crippen molar-refractivity contribution in [3.8, 4) is 22.6 Å². The zero-order chi connectivity index (χ0) is 22.4. The number of halogens is 1. The Morgan fingerprint density at radius 1 is 1.16 bits per heavy atom. The second kappa shape index (κ2) is 10.3. The number of aromatic nitrogens is 1. The van der Waals surface area contributed by atoms with Crippen molar-refractivity contribution in [3.63, 3.8) is 0 Å². The third-order valence-electron chi connectivity index (χ3n) is 4.33. The molecule has 3 rings (SSSR count). The summed E-state index contributed by atoms with van der Waals surface area (Å²) in [6, 6.07) is 11.1. The Bertz CT molecular complexity index is 1110. The second-order valence-corrected chi connectivity index (χ2v) is 7.58. The molecule has 1 unspecified atom stereocenters. The number of hydrogen-bond acceptors (Lipinski definition) is 7. The van der Waals surface area contributed by atoms with Gasteiger partial charge in [0, 0.05) is 21.7 Å². The Kier molecular flexibility index (Phi) is 7.45. The summed E-state index contributed by atoms with van der Waals surface area (Å²) in [7, 11) is 2.93. The monoisotopic (exact) mass is 460 g/mol. The molecule has 3 aromatic rings. The van der Waals surface area contributed by atoms with Crippen LogP contribution in [0.25, 0.3) is 11.1 Å². The Balaban J connectivity index is 2.03. The molecule has 2 N–H and O–H groups in total. The summed E-state index contributed by atoms with van der Waals surface area (Å²) in [5.41, 5.74) is 1.65. The van der Waals surface area contributed by atoms with Gasteiger partial charge in [-0.05, 0) is 53.5 Å². The fourth-order valence-corrected chi connectivity index (χ4v) is 3.69. The van der Waals surface area contributed by atoms with E-state index in [2.05, 4.69) is 15.6 Å². The highest BCUT2D eigenvalue weighted by Gasteiger charge is 2.21. The van der Waals surface area contributed by atoms with E-state index in [-0.39, 0.29) is 17.3 Å². The maximum atomic E-state index is 12.4. The van der Waals surface area contributed by atoms with Gasteiger partial charge >= 0.3 is 0 Å². The maximum absolute atomic E-state index is 12.4. The molecule has 1 atom stereocenters. The van der Waals surface area contributed by atoms with Crippen molar-refractivity contribution in [1.29, 1.82) is 0 Å². The first kappa shape index (κ1) is 22.5. The summed E-state index contributed by atoms with van der Waals surface area (Å²) >= 11 is 3.61. The fraction of sp³-hybridized carbons (Fsp3) is 0.143. The van der Waals surface area contributed by atoms with Crippen molar-refractivity contribution in [2.24, 2.45) is 0 Å². The van der Waals surface area contributed by atoms with E-state index >= 15 is 0 Å². The van der Waals surface area contributed by atoms with E-state index in [1.165, 1.54) is 38.6 Å². The number of nitrogens with zero attached hydrogens (tertiary/aromatic N) is 1. The van der Waals surface area contributed by atoms with Crippen LogP contribution in [0.1, 0.15) is 0 Å². The van der Waals surface area contributed by atoms with Crippen molar-refractivity contribution in [3.05, 3.63) is 59.9 Å². The number of ether oxygens (including phenoxy) is 2. The number of rotatable bonds is 8. The molecule has 8 nitrogen and oxygen atoms in total. The molecule has 1 heterocycles. The molecule has 162 valence electrons. The first-order valence-corrected chi connectivity index (χ1v) is 10.5. The van der Waals surface area contributed by atoms with Crippen LogP contribution >= 0.6 is 11.6 Å². The molecule has 0 aliphatic carbocycles. The third kappa shape index (κ3) is 5.32. The van der Waals surface area contributed by atoms with Crippen LogP contribution in [0, 0.1) is 0 Å². The lowest BCUT2D eigenvalue weighted by Gasteiger charge is -2.21. The quantitative estimate of drug-likeness (QED) is 0.492. The summed E-state index contributed by atoms with van der Waals surface area (Å²) in [6.45, 7) is -0.123. The van der Waals surface area contributed by atoms with Crippen molar-refractivity contribution in [1.82, 2.24) is 4.98 Å². The lowest BCUT2D eigenvalue weighted by atomic mass is 10.0. The largest absolute Gasteiger partial charge is 0.768 e. The second-order valence-electron chi connectivity index (χ2n) is 6.24. The van der Waals surface area contributed by atoms with Crippen LogP contribution in [0.4, 0.5) is 11.4 Å². The van der Waals surface area contributed by atoms with Crippen LogP contribution in [0.5, 0.6) is 11.5 Å². The summed E-state index contributed by atoms with van der Waals surface area (Å²) in [5.74, 6) is 0.445. The maximum Gasteiger partial charge on any atom is 0.243 e. The van der Waals surface area contributed by atoms with E-state index in [4.69, 9.17) is 21.1 Å². The highest BCUT2D eigenvalue weighted by molar-refractivity contribution is 7.79. The van der Waals surface area contributed by atoms with E-state index in [0.29, 0.717) is 39.0 Å². The molecule has 10 heteroatoms. The van der Waals surface area contributed by atoms with Crippen LogP contribution in [0.15, 0.2) is 59.8 Å². The van der Waals surface area contributed by atoms with E-state index in [1.54, 1.807) is 30.5 Å². The molecule has 1 amide bonds. The van der Waals surface area contributed by atoms with Gasteiger partial charge in [0.15, 0.2) is 0 Å². The molecule has 0 saturated heterocycles. The smallest absolute Gasteiger partial charge is 0.243 e. The highest BCUT2D eigenvalue weighted by atomic mass is 35.5. The molecule has 31 heavy (non-hydrogen) atoms. The van der Waals surface area contributed by atoms with Gasteiger partial charge in [0.2, 0.25) is 5.91 Å². The Hall–Kier alpha value is -3.14. The van der Waals surface area contributed by atoms with Crippen molar-refractivity contribution >= 4 is 40.0 Å². The van der Waals surface area contributed by atoms with E-state index in [9.17, 15) is 13.6 Å². The predicted octanol–water partition coefficient (Wildman–Crippen LogP) is 3.71. The van der Waals surface area contributed by atoms with Gasteiger partial charge in [-0.2, -0.15) is 0 Å². The van der Waals surface area contributed by atoms with Crippen LogP contribution < -0.4 is 20.1 Å². The molecule has 0 aliphatic rings. The average Bonchev–Trinajstić information content (AvgIpc) is 2.77. The number of amides is 1. The Morgan fingerprint density at radius 3 is 2.55 bits per heavy atom. The molecule has 1 aromatic heterocycles. The Morgan fingerprint density at radius 2 is 1.90 bits per heavy atom. The average molecular weight is 461 g/mol. The van der Waals surface area contributed by atoms with Crippen LogP contribution in [0.3, 0.4) is 0 Å². The van der Waals surface area contributed by atoms with Crippen LogP contribution in [-0.4, -0.2) is 40.4 Å². The van der Waals surface area contributed by atoms with Gasteiger partial charge in [-0.25, -0.2) is 0 Å². The summed E-state index contributed by atoms with van der Waals surface area (Å²) in [6.07, 6.45) is 3.13. The van der Waals surface area contributed by atoms with Gasteiger partial charge in [0.05, 0.1) is 43.9 Å². The summed E-state index contributed by atoms with van der Waals surface area (Å²) < 4.78 is 34.6. The molecule has 0 radical (unpaired) electrons. The van der Waals surface area contributed by atoms with Gasteiger partial charge in [-0.1, -0.05) is 11.6 Å². The molecule has 0 spiro atoms. The standard InChI is InChI=1S/C21H20ClN3O5S/c1-29-16-6-7-17(30-2)21(24-12-19(26)25-14-4-3-9-23-11-14)20(16)15-10-13(22)5-8-18(15)31(27)28/h3-11,24H,12H2,1-2H3,(H,25,26)(H,27,28)/p-1. The number of carbonyl (C=O) groups excluding carboxylic acids is 1. The van der Waals surface area contributed by atoms with Gasteiger partial charge in [0.1, 0.15) is 11.5 Å². The molecule has 0 fully saturated rings. The fourth-order valence-electron chi connectivity index (χ4n) is 3.00. The number of hydrogen-bond donors (Lipinski definition) is 2. The molecule has 0 bridgehead atoms. The zero-order valence-electron chi connectivity index (χ0n) is 16.7. The Labute approximate surface area is 186 Å². The third-order valence-corrected chi connectivity index (χ3v) is 5.28. The number of nitrogens with one attached hydrogen (secondary N) is 2. The van der Waals surface area contributed by atoms with Gasteiger partial charge in [-0.3, -0.25) is 14.0 Å². The van der Waals surface area contributed by atoms with E-state index in [0.717, 1.165) is 0 Å². The minimum absolute atomic E-state index is 0.0267. The predicted molar refractivity (Wildman–Crippen MR) is 119 cm³/mol.